The van der Waals surface area contributed by atoms with E-state index in [1.54, 1.807) is 5.20 Å². The molecule has 18 heavy (non-hydrogen) atoms. The molecule has 0 radical (unpaired) electrons. The second-order valence-electron chi connectivity index (χ2n) is 6.56. The highest BCUT2D eigenvalue weighted by Gasteiger charge is 2.19. The van der Waals surface area contributed by atoms with Crippen molar-refractivity contribution in [2.24, 2.45) is 5.73 Å². The molecule has 1 nitrogen and oxygen atoms in total. The first-order valence-corrected chi connectivity index (χ1v) is 11.4. The van der Waals surface area contributed by atoms with Gasteiger partial charge in [-0.1, -0.05) is 70.4 Å². The maximum atomic E-state index is 6.19. The molecule has 0 amide bonds. The molecule has 2 heteroatoms. The molecule has 0 heterocycles. The van der Waals surface area contributed by atoms with E-state index in [1.807, 2.05) is 0 Å². The summed E-state index contributed by atoms with van der Waals surface area (Å²) in [5, 5.41) is 1.74. The molecular weight excluding hydrogens is 234 g/mol. The molecule has 0 aliphatic carbocycles. The van der Waals surface area contributed by atoms with Gasteiger partial charge in [-0.25, -0.2) is 0 Å². The van der Waals surface area contributed by atoms with E-state index in [1.165, 1.54) is 51.4 Å². The molecule has 0 aromatic carbocycles. The molecule has 1 atom stereocenters. The van der Waals surface area contributed by atoms with Crippen molar-refractivity contribution in [1.29, 1.82) is 0 Å². The van der Waals surface area contributed by atoms with Gasteiger partial charge in [0.1, 0.15) is 0 Å². The maximum Gasteiger partial charge on any atom is 0.0720 e. The van der Waals surface area contributed by atoms with Crippen LogP contribution in [0.4, 0.5) is 0 Å². The number of hydrogen-bond acceptors (Lipinski definition) is 1. The molecular formula is C16H35NSi. The number of rotatable bonds is 10. The van der Waals surface area contributed by atoms with E-state index in [2.05, 4.69) is 39.6 Å². The average Bonchev–Trinajstić information content (AvgIpc) is 2.29. The first-order chi connectivity index (χ1) is 8.41. The molecule has 2 N–H and O–H groups in total. The zero-order chi connectivity index (χ0) is 14.0. The first kappa shape index (κ1) is 17.9. The molecule has 0 spiro atoms. The predicted octanol–water partition coefficient (Wildman–Crippen LogP) is 5.28. The van der Waals surface area contributed by atoms with Crippen molar-refractivity contribution in [3.05, 3.63) is 11.3 Å². The van der Waals surface area contributed by atoms with E-state index >= 15 is 0 Å². The Kier molecular flexibility index (Phi) is 9.75. The van der Waals surface area contributed by atoms with Crippen LogP contribution in [0.25, 0.3) is 0 Å². The van der Waals surface area contributed by atoms with Crippen molar-refractivity contribution in [1.82, 2.24) is 0 Å². The fourth-order valence-corrected chi connectivity index (χ4v) is 3.87. The minimum Gasteiger partial charge on any atom is -0.328 e. The summed E-state index contributed by atoms with van der Waals surface area (Å²) >= 11 is 0. The molecule has 0 saturated carbocycles. The molecule has 0 aromatic heterocycles. The Hall–Kier alpha value is -0.0831. The number of unbranched alkanes of at least 4 members (excludes halogenated alkanes) is 3. The van der Waals surface area contributed by atoms with Crippen LogP contribution in [0.1, 0.15) is 65.2 Å². The Labute approximate surface area is 116 Å². The van der Waals surface area contributed by atoms with Crippen LogP contribution in [0.2, 0.25) is 19.6 Å². The summed E-state index contributed by atoms with van der Waals surface area (Å²) in [4.78, 5) is 0. The van der Waals surface area contributed by atoms with Crippen molar-refractivity contribution in [2.75, 3.05) is 0 Å². The van der Waals surface area contributed by atoms with Gasteiger partial charge in [0, 0.05) is 6.04 Å². The van der Waals surface area contributed by atoms with E-state index < -0.39 is 8.07 Å². The fourth-order valence-electron chi connectivity index (χ4n) is 2.22. The topological polar surface area (TPSA) is 26.0 Å². The zero-order valence-electron chi connectivity index (χ0n) is 13.4. The normalized spacial score (nSPS) is 14.9. The quantitative estimate of drug-likeness (QED) is 0.424. The Balaban J connectivity index is 4.21. The molecule has 0 aliphatic heterocycles. The van der Waals surface area contributed by atoms with Gasteiger partial charge in [0.05, 0.1) is 8.07 Å². The second-order valence-corrected chi connectivity index (χ2v) is 11.7. The van der Waals surface area contributed by atoms with Crippen LogP contribution in [0, 0.1) is 0 Å². The van der Waals surface area contributed by atoms with Crippen molar-refractivity contribution >= 4 is 8.07 Å². The van der Waals surface area contributed by atoms with Crippen molar-refractivity contribution in [2.45, 2.75) is 90.9 Å². The van der Waals surface area contributed by atoms with Gasteiger partial charge in [0.2, 0.25) is 0 Å². The lowest BCUT2D eigenvalue weighted by atomic mass is 10.1. The highest BCUT2D eigenvalue weighted by atomic mass is 28.3. The van der Waals surface area contributed by atoms with Gasteiger partial charge in [-0.05, 0) is 25.7 Å². The monoisotopic (exact) mass is 269 g/mol. The van der Waals surface area contributed by atoms with Crippen molar-refractivity contribution in [3.8, 4) is 0 Å². The number of allylic oxidation sites excluding steroid dienone is 2. The van der Waals surface area contributed by atoms with E-state index in [0.717, 1.165) is 0 Å². The lowest BCUT2D eigenvalue weighted by Gasteiger charge is -2.23. The maximum absolute atomic E-state index is 6.19. The van der Waals surface area contributed by atoms with Crippen LogP contribution in [0.5, 0.6) is 0 Å². The third-order valence-electron chi connectivity index (χ3n) is 3.62. The van der Waals surface area contributed by atoms with Crippen LogP contribution in [0.15, 0.2) is 11.3 Å². The standard InChI is InChI=1S/C16H35NSi/c1-6-8-10-12-16(18(3,4)5)14-13-15(17)11-9-7-2/h12,15H,6-11,13-14,17H2,1-5H3. The van der Waals surface area contributed by atoms with E-state index in [-0.39, 0.29) is 0 Å². The lowest BCUT2D eigenvalue weighted by molar-refractivity contribution is 0.543. The van der Waals surface area contributed by atoms with E-state index in [9.17, 15) is 0 Å². The molecule has 0 rings (SSSR count). The first-order valence-electron chi connectivity index (χ1n) is 7.86. The van der Waals surface area contributed by atoms with Gasteiger partial charge in [-0.2, -0.15) is 0 Å². The molecule has 0 fully saturated rings. The Morgan fingerprint density at radius 2 is 1.67 bits per heavy atom. The number of nitrogens with two attached hydrogens (primary N) is 1. The molecule has 0 aliphatic rings. The largest absolute Gasteiger partial charge is 0.328 e. The third-order valence-corrected chi connectivity index (χ3v) is 6.01. The third kappa shape index (κ3) is 8.93. The fraction of sp³-hybridized carbons (Fsp3) is 0.875. The summed E-state index contributed by atoms with van der Waals surface area (Å²) in [6.07, 6.45) is 12.6. The lowest BCUT2D eigenvalue weighted by Crippen LogP contribution is -2.27. The van der Waals surface area contributed by atoms with Gasteiger partial charge in [0.15, 0.2) is 0 Å². The smallest absolute Gasteiger partial charge is 0.0720 e. The SMILES string of the molecule is CCCCC=C(CCC(N)CCCC)[Si](C)(C)C. The highest BCUT2D eigenvalue weighted by Crippen LogP contribution is 2.22. The summed E-state index contributed by atoms with van der Waals surface area (Å²) in [5.41, 5.74) is 6.19. The Bertz CT molecular complexity index is 228. The molecule has 108 valence electrons. The predicted molar refractivity (Wildman–Crippen MR) is 87.7 cm³/mol. The van der Waals surface area contributed by atoms with Gasteiger partial charge in [0.25, 0.3) is 0 Å². The van der Waals surface area contributed by atoms with Gasteiger partial charge in [-0.15, -0.1) is 0 Å². The van der Waals surface area contributed by atoms with Crippen molar-refractivity contribution < 1.29 is 0 Å². The zero-order valence-corrected chi connectivity index (χ0v) is 14.4. The van der Waals surface area contributed by atoms with Crippen LogP contribution in [0.3, 0.4) is 0 Å². The average molecular weight is 270 g/mol. The van der Waals surface area contributed by atoms with Crippen LogP contribution in [-0.2, 0) is 0 Å². The van der Waals surface area contributed by atoms with Crippen LogP contribution < -0.4 is 5.73 Å². The van der Waals surface area contributed by atoms with E-state index in [0.29, 0.717) is 6.04 Å². The van der Waals surface area contributed by atoms with Gasteiger partial charge >= 0.3 is 0 Å². The van der Waals surface area contributed by atoms with Crippen LogP contribution in [-0.4, -0.2) is 14.1 Å². The summed E-state index contributed by atoms with van der Waals surface area (Å²) in [7, 11) is -1.13. The van der Waals surface area contributed by atoms with Gasteiger partial charge in [-0.3, -0.25) is 0 Å². The minimum absolute atomic E-state index is 0.413. The summed E-state index contributed by atoms with van der Waals surface area (Å²) in [6.45, 7) is 11.9. The Morgan fingerprint density at radius 3 is 2.17 bits per heavy atom. The second kappa shape index (κ2) is 9.80. The van der Waals surface area contributed by atoms with Gasteiger partial charge < -0.3 is 5.73 Å². The molecule has 1 unspecified atom stereocenters. The van der Waals surface area contributed by atoms with Crippen molar-refractivity contribution in [3.63, 3.8) is 0 Å². The highest BCUT2D eigenvalue weighted by molar-refractivity contribution is 6.83. The summed E-state index contributed by atoms with van der Waals surface area (Å²) in [6, 6.07) is 0.413. The number of hydrogen-bond donors (Lipinski definition) is 1. The summed E-state index contributed by atoms with van der Waals surface area (Å²) < 4.78 is 0. The summed E-state index contributed by atoms with van der Waals surface area (Å²) in [5.74, 6) is 0. The molecule has 0 saturated heterocycles. The minimum atomic E-state index is -1.13. The van der Waals surface area contributed by atoms with E-state index in [4.69, 9.17) is 5.73 Å². The molecule has 0 aromatic rings. The Morgan fingerprint density at radius 1 is 1.06 bits per heavy atom. The molecule has 0 bridgehead atoms. The van der Waals surface area contributed by atoms with Crippen LogP contribution >= 0.6 is 0 Å².